The van der Waals surface area contributed by atoms with Crippen LogP contribution in [0.5, 0.6) is 0 Å². The summed E-state index contributed by atoms with van der Waals surface area (Å²) in [5.74, 6) is 0.869. The van der Waals surface area contributed by atoms with Crippen LogP contribution in [0.15, 0.2) is 33.7 Å². The van der Waals surface area contributed by atoms with Crippen molar-refractivity contribution >= 4 is 27.9 Å². The summed E-state index contributed by atoms with van der Waals surface area (Å²) in [4.78, 5) is 16.1. The molecule has 0 unspecified atom stereocenters. The van der Waals surface area contributed by atoms with E-state index >= 15 is 0 Å². The molecular formula is C20H30BrN3O2. The van der Waals surface area contributed by atoms with Crippen molar-refractivity contribution in [2.75, 3.05) is 20.2 Å². The van der Waals surface area contributed by atoms with Crippen molar-refractivity contribution in [1.29, 1.82) is 0 Å². The maximum atomic E-state index is 11.8. The first-order chi connectivity index (χ1) is 12.6. The molecule has 0 aliphatic heterocycles. The Hall–Kier alpha value is -1.56. The number of guanidine groups is 1. The number of nitrogens with one attached hydrogen (secondary N) is 2. The van der Waals surface area contributed by atoms with E-state index < -0.39 is 0 Å². The van der Waals surface area contributed by atoms with Crippen LogP contribution in [0.25, 0.3) is 0 Å². The number of carbonyl (C=O) groups excluding carboxylic acids is 1. The number of aryl methyl sites for hydroxylation is 1. The first-order valence-electron chi connectivity index (χ1n) is 9.50. The molecule has 0 bridgehead atoms. The van der Waals surface area contributed by atoms with Crippen molar-refractivity contribution in [3.05, 3.63) is 34.3 Å². The molecule has 2 rings (SSSR count). The van der Waals surface area contributed by atoms with Crippen molar-refractivity contribution in [2.24, 2.45) is 10.9 Å². The Bertz CT molecular complexity index is 598. The van der Waals surface area contributed by atoms with Gasteiger partial charge in [0.15, 0.2) is 5.96 Å². The summed E-state index contributed by atoms with van der Waals surface area (Å²) < 4.78 is 6.25. The number of carbonyl (C=O) groups is 1. The molecule has 0 saturated heterocycles. The average molecular weight is 424 g/mol. The van der Waals surface area contributed by atoms with Gasteiger partial charge in [0.05, 0.1) is 12.5 Å². The number of ether oxygens (including phenoxy) is 1. The normalized spacial score (nSPS) is 20.5. The first kappa shape index (κ1) is 20.7. The van der Waals surface area contributed by atoms with Crippen molar-refractivity contribution < 1.29 is 9.53 Å². The SMILES string of the molecule is CCOC(=O)C1CCC(NC(=NC)NCCCc2cccc(Br)c2)CC1. The van der Waals surface area contributed by atoms with Gasteiger partial charge in [-0.15, -0.1) is 0 Å². The summed E-state index contributed by atoms with van der Waals surface area (Å²) in [6.07, 6.45) is 5.80. The number of hydrogen-bond donors (Lipinski definition) is 2. The zero-order chi connectivity index (χ0) is 18.8. The van der Waals surface area contributed by atoms with E-state index in [0.29, 0.717) is 12.6 Å². The van der Waals surface area contributed by atoms with Gasteiger partial charge in [-0.1, -0.05) is 28.1 Å². The van der Waals surface area contributed by atoms with E-state index in [1.807, 2.05) is 13.0 Å². The molecule has 5 nitrogen and oxygen atoms in total. The highest BCUT2D eigenvalue weighted by atomic mass is 79.9. The minimum Gasteiger partial charge on any atom is -0.466 e. The van der Waals surface area contributed by atoms with Gasteiger partial charge < -0.3 is 15.4 Å². The van der Waals surface area contributed by atoms with Gasteiger partial charge in [-0.25, -0.2) is 0 Å². The van der Waals surface area contributed by atoms with Gasteiger partial charge in [0.2, 0.25) is 0 Å². The van der Waals surface area contributed by atoms with Gasteiger partial charge >= 0.3 is 5.97 Å². The molecule has 0 heterocycles. The van der Waals surface area contributed by atoms with Crippen LogP contribution < -0.4 is 10.6 Å². The highest BCUT2D eigenvalue weighted by Crippen LogP contribution is 2.25. The summed E-state index contributed by atoms with van der Waals surface area (Å²) >= 11 is 3.51. The fourth-order valence-corrected chi connectivity index (χ4v) is 3.76. The van der Waals surface area contributed by atoms with E-state index in [1.165, 1.54) is 5.56 Å². The maximum absolute atomic E-state index is 11.8. The molecular weight excluding hydrogens is 394 g/mol. The summed E-state index contributed by atoms with van der Waals surface area (Å²) in [6.45, 7) is 3.20. The molecule has 6 heteroatoms. The smallest absolute Gasteiger partial charge is 0.308 e. The topological polar surface area (TPSA) is 62.7 Å². The third kappa shape index (κ3) is 6.98. The van der Waals surface area contributed by atoms with Crippen LogP contribution in [-0.2, 0) is 16.0 Å². The van der Waals surface area contributed by atoms with Gasteiger partial charge in [0.25, 0.3) is 0 Å². The monoisotopic (exact) mass is 423 g/mol. The van der Waals surface area contributed by atoms with Crippen molar-refractivity contribution in [2.45, 2.75) is 51.5 Å². The third-order valence-electron chi connectivity index (χ3n) is 4.74. The Kier molecular flexibility index (Phi) is 8.95. The van der Waals surface area contributed by atoms with Gasteiger partial charge in [0, 0.05) is 24.1 Å². The highest BCUT2D eigenvalue weighted by molar-refractivity contribution is 9.10. The number of halogens is 1. The van der Waals surface area contributed by atoms with Crippen LogP contribution in [0.4, 0.5) is 0 Å². The lowest BCUT2D eigenvalue weighted by molar-refractivity contribution is -0.149. The molecule has 1 aliphatic rings. The second-order valence-corrected chi connectivity index (χ2v) is 7.59. The Labute approximate surface area is 165 Å². The Morgan fingerprint density at radius 1 is 1.31 bits per heavy atom. The van der Waals surface area contributed by atoms with Gasteiger partial charge in [-0.2, -0.15) is 0 Å². The van der Waals surface area contributed by atoms with Crippen LogP contribution in [0.1, 0.15) is 44.6 Å². The van der Waals surface area contributed by atoms with E-state index in [4.69, 9.17) is 4.74 Å². The molecule has 0 radical (unpaired) electrons. The first-order valence-corrected chi connectivity index (χ1v) is 10.3. The van der Waals surface area contributed by atoms with E-state index in [0.717, 1.165) is 55.5 Å². The molecule has 0 spiro atoms. The number of esters is 1. The van der Waals surface area contributed by atoms with Crippen LogP contribution >= 0.6 is 15.9 Å². The number of nitrogens with zero attached hydrogens (tertiary/aromatic N) is 1. The van der Waals surface area contributed by atoms with E-state index in [9.17, 15) is 4.79 Å². The summed E-state index contributed by atoms with van der Waals surface area (Å²) in [7, 11) is 1.80. The van der Waals surface area contributed by atoms with Crippen molar-refractivity contribution in [3.63, 3.8) is 0 Å². The van der Waals surface area contributed by atoms with Crippen molar-refractivity contribution in [3.8, 4) is 0 Å². The molecule has 1 saturated carbocycles. The summed E-state index contributed by atoms with van der Waals surface area (Å²) in [5.41, 5.74) is 1.33. The fourth-order valence-electron chi connectivity index (χ4n) is 3.31. The zero-order valence-electron chi connectivity index (χ0n) is 15.8. The highest BCUT2D eigenvalue weighted by Gasteiger charge is 2.27. The Morgan fingerprint density at radius 2 is 2.08 bits per heavy atom. The summed E-state index contributed by atoms with van der Waals surface area (Å²) in [5, 5.41) is 6.88. The predicted molar refractivity (Wildman–Crippen MR) is 109 cm³/mol. The van der Waals surface area contributed by atoms with Gasteiger partial charge in [-0.05, 0) is 63.1 Å². The quantitative estimate of drug-likeness (QED) is 0.304. The largest absolute Gasteiger partial charge is 0.466 e. The molecule has 1 aliphatic carbocycles. The molecule has 0 amide bonds. The second kappa shape index (κ2) is 11.2. The van der Waals surface area contributed by atoms with Crippen LogP contribution in [-0.4, -0.2) is 38.2 Å². The van der Waals surface area contributed by atoms with Crippen LogP contribution in [0.3, 0.4) is 0 Å². The summed E-state index contributed by atoms with van der Waals surface area (Å²) in [6, 6.07) is 8.80. The molecule has 26 heavy (non-hydrogen) atoms. The molecule has 1 aromatic carbocycles. The van der Waals surface area contributed by atoms with E-state index in [1.54, 1.807) is 7.05 Å². The third-order valence-corrected chi connectivity index (χ3v) is 5.23. The minimum atomic E-state index is -0.0407. The number of rotatable bonds is 7. The molecule has 2 N–H and O–H groups in total. The molecule has 1 aromatic rings. The van der Waals surface area contributed by atoms with Crippen molar-refractivity contribution in [1.82, 2.24) is 10.6 Å². The lowest BCUT2D eigenvalue weighted by atomic mass is 9.86. The minimum absolute atomic E-state index is 0.0407. The number of aliphatic imine (C=N–C) groups is 1. The lowest BCUT2D eigenvalue weighted by Gasteiger charge is -2.29. The molecule has 1 fully saturated rings. The average Bonchev–Trinajstić information content (AvgIpc) is 2.65. The van der Waals surface area contributed by atoms with E-state index in [2.05, 4.69) is 49.8 Å². The van der Waals surface area contributed by atoms with Gasteiger partial charge in [0.1, 0.15) is 0 Å². The predicted octanol–water partition coefficient (Wildman–Crippen LogP) is 3.67. The lowest BCUT2D eigenvalue weighted by Crippen LogP contribution is -2.45. The standard InChI is InChI=1S/C20H30BrN3O2/c1-3-26-19(25)16-9-11-18(12-10-16)24-20(22-2)23-13-5-7-15-6-4-8-17(21)14-15/h4,6,8,14,16,18H,3,5,7,9-13H2,1-2H3,(H2,22,23,24). The van der Waals surface area contributed by atoms with E-state index in [-0.39, 0.29) is 11.9 Å². The second-order valence-electron chi connectivity index (χ2n) is 6.68. The number of benzene rings is 1. The van der Waals surface area contributed by atoms with Gasteiger partial charge in [-0.3, -0.25) is 9.79 Å². The Balaban J connectivity index is 1.66. The Morgan fingerprint density at radius 3 is 2.73 bits per heavy atom. The van der Waals surface area contributed by atoms with Crippen LogP contribution in [0, 0.1) is 5.92 Å². The molecule has 0 aromatic heterocycles. The fraction of sp³-hybridized carbons (Fsp3) is 0.600. The maximum Gasteiger partial charge on any atom is 0.308 e. The molecule has 144 valence electrons. The number of hydrogen-bond acceptors (Lipinski definition) is 3. The zero-order valence-corrected chi connectivity index (χ0v) is 17.3. The molecule has 0 atom stereocenters. The van der Waals surface area contributed by atoms with Crippen LogP contribution in [0.2, 0.25) is 0 Å².